The molecule has 1 N–H and O–H groups in total. The van der Waals surface area contributed by atoms with E-state index in [0.29, 0.717) is 18.4 Å². The average Bonchev–Trinajstić information content (AvgIpc) is 2.52. The number of aromatic nitrogens is 2. The number of hydrogen-bond donors (Lipinski definition) is 1. The van der Waals surface area contributed by atoms with Gasteiger partial charge in [0.15, 0.2) is 11.6 Å². The molecular weight excluding hydrogens is 309 g/mol. The smallest absolute Gasteiger partial charge is 0.311 e. The molecule has 2 unspecified atom stereocenters. The molecule has 0 spiro atoms. The van der Waals surface area contributed by atoms with E-state index in [0.717, 1.165) is 31.9 Å². The minimum atomic E-state index is -0.562. The quantitative estimate of drug-likeness (QED) is 0.680. The van der Waals surface area contributed by atoms with Gasteiger partial charge in [-0.25, -0.2) is 9.37 Å². The van der Waals surface area contributed by atoms with Gasteiger partial charge in [-0.2, -0.15) is 4.98 Å². The number of esters is 1. The van der Waals surface area contributed by atoms with Crippen LogP contribution in [-0.2, 0) is 9.53 Å². The topological polar surface area (TPSA) is 64.1 Å². The van der Waals surface area contributed by atoms with Gasteiger partial charge in [-0.3, -0.25) is 4.79 Å². The Morgan fingerprint density at radius 1 is 1.41 bits per heavy atom. The van der Waals surface area contributed by atoms with E-state index in [4.69, 9.17) is 16.3 Å². The highest BCUT2D eigenvalue weighted by Gasteiger charge is 2.48. The molecule has 22 heavy (non-hydrogen) atoms. The van der Waals surface area contributed by atoms with E-state index in [1.807, 2.05) is 0 Å². The van der Waals surface area contributed by atoms with E-state index < -0.39 is 5.82 Å². The van der Waals surface area contributed by atoms with Crippen LogP contribution < -0.4 is 5.32 Å². The molecule has 1 aromatic rings. The summed E-state index contributed by atoms with van der Waals surface area (Å²) in [5.74, 6) is -0.328. The summed E-state index contributed by atoms with van der Waals surface area (Å²) in [6.45, 7) is 2.15. The fourth-order valence-corrected chi connectivity index (χ4v) is 3.97. The molecule has 5 nitrogen and oxygen atoms in total. The maximum absolute atomic E-state index is 13.9. The van der Waals surface area contributed by atoms with E-state index in [1.54, 1.807) is 6.92 Å². The van der Waals surface area contributed by atoms with Crippen LogP contribution in [0.1, 0.15) is 32.6 Å². The molecule has 0 amide bonds. The van der Waals surface area contributed by atoms with Crippen LogP contribution in [-0.4, -0.2) is 28.6 Å². The molecule has 3 aliphatic carbocycles. The van der Waals surface area contributed by atoms with Crippen LogP contribution >= 0.6 is 11.6 Å². The van der Waals surface area contributed by atoms with Crippen molar-refractivity contribution in [1.29, 1.82) is 0 Å². The van der Waals surface area contributed by atoms with Crippen LogP contribution in [0.4, 0.5) is 10.2 Å². The first-order valence-corrected chi connectivity index (χ1v) is 8.09. The maximum atomic E-state index is 13.9. The molecule has 2 bridgehead atoms. The highest BCUT2D eigenvalue weighted by atomic mass is 35.5. The van der Waals surface area contributed by atoms with E-state index in [-0.39, 0.29) is 29.0 Å². The number of nitrogens with zero attached hydrogens (tertiary/aromatic N) is 2. The normalized spacial score (nSPS) is 30.1. The SMILES string of the molecule is CCOC(=O)C1C(Nc2nc(Cl)ncc2F)[C@H]2CC[C@@H]1CC2. The van der Waals surface area contributed by atoms with Gasteiger partial charge in [0.1, 0.15) is 0 Å². The van der Waals surface area contributed by atoms with Crippen LogP contribution in [0.15, 0.2) is 6.20 Å². The second kappa shape index (κ2) is 6.36. The first-order valence-electron chi connectivity index (χ1n) is 7.71. The molecule has 2 atom stereocenters. The molecule has 0 aliphatic heterocycles. The van der Waals surface area contributed by atoms with E-state index in [1.165, 1.54) is 0 Å². The summed E-state index contributed by atoms with van der Waals surface area (Å²) >= 11 is 5.74. The first-order chi connectivity index (χ1) is 10.6. The highest BCUT2D eigenvalue weighted by Crippen LogP contribution is 2.46. The predicted molar refractivity (Wildman–Crippen MR) is 80.0 cm³/mol. The minimum Gasteiger partial charge on any atom is -0.466 e. The van der Waals surface area contributed by atoms with Crippen LogP contribution in [0.3, 0.4) is 0 Å². The molecule has 3 aliphatic rings. The Bertz CT molecular complexity index is 564. The van der Waals surface area contributed by atoms with Crippen molar-refractivity contribution in [2.75, 3.05) is 11.9 Å². The molecule has 0 radical (unpaired) electrons. The maximum Gasteiger partial charge on any atom is 0.311 e. The van der Waals surface area contributed by atoms with Crippen LogP contribution in [0.5, 0.6) is 0 Å². The third-order valence-corrected chi connectivity index (χ3v) is 4.98. The van der Waals surface area contributed by atoms with Crippen molar-refractivity contribution in [2.24, 2.45) is 17.8 Å². The standard InChI is InChI=1S/C15H19ClFN3O2/c1-2-22-14(21)11-8-3-5-9(6-4-8)12(11)19-13-10(17)7-18-15(16)20-13/h7-9,11-12H,2-6H2,1H3,(H,18,19,20)/t8-,9+,11?,12?. The number of fused-ring (bicyclic) bond motifs is 3. The second-order valence-corrected chi connectivity index (χ2v) is 6.30. The van der Waals surface area contributed by atoms with Gasteiger partial charge in [-0.15, -0.1) is 0 Å². The van der Waals surface area contributed by atoms with Crippen LogP contribution in [0.2, 0.25) is 5.28 Å². The number of hydrogen-bond acceptors (Lipinski definition) is 5. The number of rotatable bonds is 4. The lowest BCUT2D eigenvalue weighted by Crippen LogP contribution is -2.52. The molecular formula is C15H19ClFN3O2. The zero-order valence-corrected chi connectivity index (χ0v) is 13.1. The number of halogens is 2. The summed E-state index contributed by atoms with van der Waals surface area (Å²) in [7, 11) is 0. The van der Waals surface area contributed by atoms with E-state index in [2.05, 4.69) is 15.3 Å². The van der Waals surface area contributed by atoms with E-state index >= 15 is 0 Å². The van der Waals surface area contributed by atoms with Gasteiger partial charge in [0, 0.05) is 6.04 Å². The highest BCUT2D eigenvalue weighted by molar-refractivity contribution is 6.28. The molecule has 1 heterocycles. The van der Waals surface area contributed by atoms with Crippen molar-refractivity contribution in [3.8, 4) is 0 Å². The Morgan fingerprint density at radius 3 is 2.77 bits per heavy atom. The Labute approximate surface area is 133 Å². The summed E-state index contributed by atoms with van der Waals surface area (Å²) in [6.07, 6.45) is 5.17. The summed E-state index contributed by atoms with van der Waals surface area (Å²) in [6, 6.07) is -0.160. The van der Waals surface area contributed by atoms with Gasteiger partial charge >= 0.3 is 5.97 Å². The van der Waals surface area contributed by atoms with Crippen LogP contribution in [0.25, 0.3) is 0 Å². The number of anilines is 1. The zero-order valence-electron chi connectivity index (χ0n) is 12.4. The Morgan fingerprint density at radius 2 is 2.09 bits per heavy atom. The molecule has 120 valence electrons. The van der Waals surface area contributed by atoms with Crippen molar-refractivity contribution in [3.05, 3.63) is 17.3 Å². The lowest BCUT2D eigenvalue weighted by molar-refractivity contribution is -0.154. The second-order valence-electron chi connectivity index (χ2n) is 5.96. The third kappa shape index (κ3) is 2.89. The van der Waals surface area contributed by atoms with Crippen molar-refractivity contribution >= 4 is 23.4 Å². The summed E-state index contributed by atoms with van der Waals surface area (Å²) in [4.78, 5) is 19.8. The first kappa shape index (κ1) is 15.5. The molecule has 7 heteroatoms. The fourth-order valence-electron chi connectivity index (χ4n) is 3.84. The van der Waals surface area contributed by atoms with Crippen molar-refractivity contribution in [2.45, 2.75) is 38.6 Å². The van der Waals surface area contributed by atoms with Gasteiger partial charge in [-0.05, 0) is 56.0 Å². The molecule has 3 saturated carbocycles. The van der Waals surface area contributed by atoms with Crippen molar-refractivity contribution in [1.82, 2.24) is 9.97 Å². The Hall–Kier alpha value is -1.43. The van der Waals surface area contributed by atoms with E-state index in [9.17, 15) is 9.18 Å². The molecule has 1 aromatic heterocycles. The van der Waals surface area contributed by atoms with Crippen molar-refractivity contribution in [3.63, 3.8) is 0 Å². The molecule has 0 aromatic carbocycles. The number of nitrogens with one attached hydrogen (secondary N) is 1. The Kier molecular flexibility index (Phi) is 4.47. The molecule has 0 saturated heterocycles. The van der Waals surface area contributed by atoms with Gasteiger partial charge in [0.2, 0.25) is 5.28 Å². The van der Waals surface area contributed by atoms with Gasteiger partial charge in [0.05, 0.1) is 18.7 Å². The largest absolute Gasteiger partial charge is 0.466 e. The monoisotopic (exact) mass is 327 g/mol. The zero-order chi connectivity index (χ0) is 15.7. The fraction of sp³-hybridized carbons (Fsp3) is 0.667. The predicted octanol–water partition coefficient (Wildman–Crippen LogP) is 3.05. The Balaban J connectivity index is 1.85. The number of carbonyl (C=O) groups excluding carboxylic acids is 1. The van der Waals surface area contributed by atoms with Crippen LogP contribution in [0, 0.1) is 23.6 Å². The van der Waals surface area contributed by atoms with Crippen molar-refractivity contribution < 1.29 is 13.9 Å². The average molecular weight is 328 g/mol. The third-order valence-electron chi connectivity index (χ3n) is 4.80. The minimum absolute atomic E-state index is 0.0162. The van der Waals surface area contributed by atoms with Gasteiger partial charge in [0.25, 0.3) is 0 Å². The number of carbonyl (C=O) groups is 1. The summed E-state index contributed by atoms with van der Waals surface area (Å²) in [5.41, 5.74) is 0. The summed E-state index contributed by atoms with van der Waals surface area (Å²) < 4.78 is 19.1. The van der Waals surface area contributed by atoms with Gasteiger partial charge < -0.3 is 10.1 Å². The summed E-state index contributed by atoms with van der Waals surface area (Å²) in [5, 5.41) is 3.08. The van der Waals surface area contributed by atoms with Gasteiger partial charge in [-0.1, -0.05) is 0 Å². The lowest BCUT2D eigenvalue weighted by Gasteiger charge is -2.47. The molecule has 3 fully saturated rings. The number of ether oxygens (including phenoxy) is 1. The molecule has 4 rings (SSSR count). The lowest BCUT2D eigenvalue weighted by atomic mass is 9.61.